The fraction of sp³-hybridized carbons (Fsp3) is 0.824. The van der Waals surface area contributed by atoms with E-state index in [2.05, 4.69) is 45.8 Å². The van der Waals surface area contributed by atoms with E-state index >= 15 is 0 Å². The van der Waals surface area contributed by atoms with Crippen LogP contribution in [0, 0.1) is 5.92 Å². The lowest BCUT2D eigenvalue weighted by atomic mass is 10.2. The van der Waals surface area contributed by atoms with Gasteiger partial charge in [-0.2, -0.15) is 0 Å². The molecular formula is C17H31N5O2S. The Labute approximate surface area is 154 Å². The van der Waals surface area contributed by atoms with Crippen LogP contribution in [0.15, 0.2) is 5.16 Å². The lowest BCUT2D eigenvalue weighted by Gasteiger charge is -2.28. The van der Waals surface area contributed by atoms with E-state index in [1.165, 1.54) is 11.8 Å². The van der Waals surface area contributed by atoms with Crippen molar-refractivity contribution >= 4 is 23.6 Å². The van der Waals surface area contributed by atoms with Gasteiger partial charge in [-0.25, -0.2) is 0 Å². The average Bonchev–Trinajstić information content (AvgIpc) is 2.96. The molecule has 1 aromatic heterocycles. The number of carbonyl (C=O) groups excluding carboxylic acids is 1. The third kappa shape index (κ3) is 6.18. The molecule has 1 saturated heterocycles. The maximum atomic E-state index is 12.1. The molecule has 1 atom stereocenters. The van der Waals surface area contributed by atoms with Crippen LogP contribution in [0.4, 0.5) is 5.95 Å². The van der Waals surface area contributed by atoms with Gasteiger partial charge in [0.05, 0.1) is 19.0 Å². The third-order valence-corrected chi connectivity index (χ3v) is 4.97. The van der Waals surface area contributed by atoms with E-state index in [1.54, 1.807) is 0 Å². The number of carbonyl (C=O) groups is 1. The van der Waals surface area contributed by atoms with Gasteiger partial charge >= 0.3 is 0 Å². The van der Waals surface area contributed by atoms with Gasteiger partial charge in [0.25, 0.3) is 0 Å². The van der Waals surface area contributed by atoms with Crippen molar-refractivity contribution < 1.29 is 9.53 Å². The second kappa shape index (κ2) is 10.0. The van der Waals surface area contributed by atoms with Crippen molar-refractivity contribution in [2.75, 3.05) is 37.0 Å². The number of hydrogen-bond donors (Lipinski definition) is 1. The molecule has 0 aliphatic carbocycles. The Morgan fingerprint density at radius 3 is 2.64 bits per heavy atom. The smallest absolute Gasteiger partial charge is 0.230 e. The summed E-state index contributed by atoms with van der Waals surface area (Å²) in [6.45, 7) is 12.5. The molecule has 0 unspecified atom stereocenters. The molecule has 0 radical (unpaired) electrons. The first-order valence-corrected chi connectivity index (χ1v) is 10.2. The van der Waals surface area contributed by atoms with Crippen molar-refractivity contribution in [1.29, 1.82) is 0 Å². The molecule has 2 heterocycles. The van der Waals surface area contributed by atoms with Crippen molar-refractivity contribution in [2.24, 2.45) is 5.92 Å². The molecule has 0 saturated carbocycles. The van der Waals surface area contributed by atoms with Gasteiger partial charge in [-0.05, 0) is 19.3 Å². The summed E-state index contributed by atoms with van der Waals surface area (Å²) in [6, 6.07) is 0.218. The second-order valence-electron chi connectivity index (χ2n) is 6.93. The fourth-order valence-electron chi connectivity index (χ4n) is 2.86. The number of anilines is 1. The Morgan fingerprint density at radius 2 is 2.00 bits per heavy atom. The number of aromatic nitrogens is 3. The van der Waals surface area contributed by atoms with Crippen LogP contribution in [0.1, 0.15) is 40.5 Å². The van der Waals surface area contributed by atoms with Gasteiger partial charge in [0.1, 0.15) is 0 Å². The largest absolute Gasteiger partial charge is 0.378 e. The molecule has 25 heavy (non-hydrogen) atoms. The monoisotopic (exact) mass is 369 g/mol. The maximum Gasteiger partial charge on any atom is 0.230 e. The Bertz CT molecular complexity index is 543. The normalized spacial score (nSPS) is 16.3. The highest BCUT2D eigenvalue weighted by molar-refractivity contribution is 7.99. The first-order chi connectivity index (χ1) is 12.0. The predicted octanol–water partition coefficient (Wildman–Crippen LogP) is 2.17. The predicted molar refractivity (Wildman–Crippen MR) is 101 cm³/mol. The number of nitrogens with one attached hydrogen (secondary N) is 1. The third-order valence-electron chi connectivity index (χ3n) is 4.00. The summed E-state index contributed by atoms with van der Waals surface area (Å²) >= 11 is 1.46. The Kier molecular flexibility index (Phi) is 8.02. The summed E-state index contributed by atoms with van der Waals surface area (Å²) in [5.74, 6) is 1.79. The van der Waals surface area contributed by atoms with Crippen LogP contribution >= 0.6 is 11.8 Å². The Hall–Kier alpha value is -1.28. The number of hydrogen-bond acceptors (Lipinski definition) is 6. The van der Waals surface area contributed by atoms with Crippen molar-refractivity contribution in [1.82, 2.24) is 20.1 Å². The highest BCUT2D eigenvalue weighted by Crippen LogP contribution is 2.24. The first kappa shape index (κ1) is 20.0. The summed E-state index contributed by atoms with van der Waals surface area (Å²) in [6.07, 6.45) is 2.07. The fourth-order valence-corrected chi connectivity index (χ4v) is 3.62. The number of morpholine rings is 1. The number of ether oxygens (including phenoxy) is 1. The summed E-state index contributed by atoms with van der Waals surface area (Å²) in [7, 11) is 0. The lowest BCUT2D eigenvalue weighted by Crippen LogP contribution is -2.38. The average molecular weight is 370 g/mol. The summed E-state index contributed by atoms with van der Waals surface area (Å²) in [5.41, 5.74) is 0. The second-order valence-corrected chi connectivity index (χ2v) is 7.87. The van der Waals surface area contributed by atoms with Gasteiger partial charge in [-0.3, -0.25) is 9.36 Å². The van der Waals surface area contributed by atoms with Crippen molar-refractivity contribution in [3.8, 4) is 0 Å². The molecule has 1 amide bonds. The first-order valence-electron chi connectivity index (χ1n) is 9.19. The number of nitrogens with zero attached hydrogens (tertiary/aromatic N) is 4. The maximum absolute atomic E-state index is 12.1. The van der Waals surface area contributed by atoms with Crippen LogP contribution in [0.5, 0.6) is 0 Å². The zero-order valence-corrected chi connectivity index (χ0v) is 16.6. The molecule has 8 heteroatoms. The van der Waals surface area contributed by atoms with Crippen LogP contribution in [-0.2, 0) is 16.1 Å². The molecule has 0 aromatic carbocycles. The number of thioether (sulfide) groups is 1. The molecule has 1 aliphatic heterocycles. The minimum Gasteiger partial charge on any atom is -0.378 e. The van der Waals surface area contributed by atoms with E-state index in [0.717, 1.165) is 56.8 Å². The summed E-state index contributed by atoms with van der Waals surface area (Å²) in [4.78, 5) is 14.3. The number of rotatable bonds is 9. The molecular weight excluding hydrogens is 338 g/mol. The Balaban J connectivity index is 2.01. The quantitative estimate of drug-likeness (QED) is 0.673. The van der Waals surface area contributed by atoms with Crippen LogP contribution in [0.2, 0.25) is 0 Å². The highest BCUT2D eigenvalue weighted by atomic mass is 32.2. The van der Waals surface area contributed by atoms with Gasteiger partial charge in [0.2, 0.25) is 11.9 Å². The van der Waals surface area contributed by atoms with Crippen molar-refractivity contribution in [3.63, 3.8) is 0 Å². The molecule has 1 fully saturated rings. The molecule has 0 spiro atoms. The lowest BCUT2D eigenvalue weighted by molar-refractivity contribution is -0.119. The molecule has 1 aromatic rings. The zero-order valence-electron chi connectivity index (χ0n) is 15.8. The van der Waals surface area contributed by atoms with E-state index in [9.17, 15) is 4.79 Å². The van der Waals surface area contributed by atoms with E-state index in [4.69, 9.17) is 4.74 Å². The SMILES string of the molecule is CCC[C@@H](C)NC(=O)CSc1nnc(N2CCOCC2)n1CC(C)C. The molecule has 7 nitrogen and oxygen atoms in total. The van der Waals surface area contributed by atoms with Gasteiger partial charge in [0.15, 0.2) is 5.16 Å². The summed E-state index contributed by atoms with van der Waals surface area (Å²) in [5, 5.41) is 12.6. The van der Waals surface area contributed by atoms with E-state index in [1.807, 2.05) is 6.92 Å². The molecule has 1 aliphatic rings. The minimum atomic E-state index is 0.0537. The van der Waals surface area contributed by atoms with Crippen LogP contribution < -0.4 is 10.2 Å². The number of amides is 1. The van der Waals surface area contributed by atoms with Gasteiger partial charge in [-0.15, -0.1) is 10.2 Å². The van der Waals surface area contributed by atoms with E-state index < -0.39 is 0 Å². The molecule has 142 valence electrons. The van der Waals surface area contributed by atoms with Crippen molar-refractivity contribution in [3.05, 3.63) is 0 Å². The topological polar surface area (TPSA) is 72.3 Å². The van der Waals surface area contributed by atoms with E-state index in [-0.39, 0.29) is 11.9 Å². The van der Waals surface area contributed by atoms with Gasteiger partial charge < -0.3 is 15.0 Å². The minimum absolute atomic E-state index is 0.0537. The zero-order chi connectivity index (χ0) is 18.2. The van der Waals surface area contributed by atoms with Crippen molar-refractivity contribution in [2.45, 2.75) is 58.3 Å². The van der Waals surface area contributed by atoms with Crippen LogP contribution in [-0.4, -0.2) is 58.8 Å². The molecule has 1 N–H and O–H groups in total. The van der Waals surface area contributed by atoms with E-state index in [0.29, 0.717) is 11.7 Å². The standard InChI is InChI=1S/C17H31N5O2S/c1-5-6-14(4)18-15(23)12-25-17-20-19-16(22(17)11-13(2)3)21-7-9-24-10-8-21/h13-14H,5-12H2,1-4H3,(H,18,23)/t14-/m1/s1. The van der Waals surface area contributed by atoms with Gasteiger partial charge in [-0.1, -0.05) is 39.0 Å². The Morgan fingerprint density at radius 1 is 1.28 bits per heavy atom. The van der Waals surface area contributed by atoms with Gasteiger partial charge in [0, 0.05) is 25.7 Å². The van der Waals surface area contributed by atoms with Crippen LogP contribution in [0.3, 0.4) is 0 Å². The summed E-state index contributed by atoms with van der Waals surface area (Å²) < 4.78 is 7.57. The molecule has 0 bridgehead atoms. The van der Waals surface area contributed by atoms with Crippen LogP contribution in [0.25, 0.3) is 0 Å². The molecule has 2 rings (SSSR count). The highest BCUT2D eigenvalue weighted by Gasteiger charge is 2.21.